The smallest absolute Gasteiger partial charge is 0.220 e. The molecule has 6 nitrogen and oxygen atoms in total. The van der Waals surface area contributed by atoms with Gasteiger partial charge in [-0.1, -0.05) is 0 Å². The topological polar surface area (TPSA) is 80.3 Å². The van der Waals surface area contributed by atoms with Gasteiger partial charge >= 0.3 is 0 Å². The second-order valence-corrected chi connectivity index (χ2v) is 3.92. The number of amides is 2. The van der Waals surface area contributed by atoms with Crippen molar-refractivity contribution >= 4 is 12.3 Å². The van der Waals surface area contributed by atoms with Gasteiger partial charge in [0.2, 0.25) is 12.3 Å². The van der Waals surface area contributed by atoms with E-state index in [0.717, 1.165) is 6.42 Å². The van der Waals surface area contributed by atoms with Gasteiger partial charge in [0.1, 0.15) is 5.75 Å². The molecule has 0 bridgehead atoms. The summed E-state index contributed by atoms with van der Waals surface area (Å²) in [5.74, 6) is 0.712. The van der Waals surface area contributed by atoms with Crippen molar-refractivity contribution in [1.82, 2.24) is 15.6 Å². The van der Waals surface area contributed by atoms with E-state index >= 15 is 0 Å². The zero-order valence-electron chi connectivity index (χ0n) is 10.8. The quantitative estimate of drug-likeness (QED) is 0.476. The summed E-state index contributed by atoms with van der Waals surface area (Å²) in [6.45, 7) is 1.64. The normalized spacial score (nSPS) is 9.68. The molecule has 0 saturated heterocycles. The van der Waals surface area contributed by atoms with Crippen molar-refractivity contribution in [3.05, 3.63) is 24.5 Å². The first kappa shape index (κ1) is 14.9. The molecule has 0 fully saturated rings. The molecule has 1 heterocycles. The number of rotatable bonds is 10. The number of nitrogens with zero attached hydrogens (tertiary/aromatic N) is 1. The first-order valence-corrected chi connectivity index (χ1v) is 6.29. The Morgan fingerprint density at radius 3 is 3.00 bits per heavy atom. The fourth-order valence-electron chi connectivity index (χ4n) is 1.42. The Labute approximate surface area is 112 Å². The average molecular weight is 265 g/mol. The molecule has 2 amide bonds. The summed E-state index contributed by atoms with van der Waals surface area (Å²) < 4.78 is 5.42. The van der Waals surface area contributed by atoms with Crippen molar-refractivity contribution in [2.75, 3.05) is 19.7 Å². The third-order valence-electron chi connectivity index (χ3n) is 2.35. The lowest BCUT2D eigenvalue weighted by atomic mass is 10.3. The van der Waals surface area contributed by atoms with Crippen molar-refractivity contribution in [3.63, 3.8) is 0 Å². The minimum atomic E-state index is 0.000824. The molecule has 0 aliphatic heterocycles. The highest BCUT2D eigenvalue weighted by Gasteiger charge is 2.00. The monoisotopic (exact) mass is 265 g/mol. The van der Waals surface area contributed by atoms with E-state index in [1.807, 2.05) is 6.07 Å². The molecule has 19 heavy (non-hydrogen) atoms. The largest absolute Gasteiger partial charge is 0.492 e. The number of hydrogen-bond donors (Lipinski definition) is 2. The van der Waals surface area contributed by atoms with Gasteiger partial charge in [0.25, 0.3) is 0 Å². The molecule has 1 aromatic rings. The fraction of sp³-hybridized carbons (Fsp3) is 0.462. The molecule has 104 valence electrons. The number of carbonyl (C=O) groups excluding carboxylic acids is 2. The van der Waals surface area contributed by atoms with Gasteiger partial charge in [0.05, 0.1) is 12.8 Å². The summed E-state index contributed by atoms with van der Waals surface area (Å²) in [5.41, 5.74) is 0. The molecule has 0 saturated carbocycles. The van der Waals surface area contributed by atoms with Crippen molar-refractivity contribution in [2.24, 2.45) is 0 Å². The number of aromatic nitrogens is 1. The Morgan fingerprint density at radius 1 is 1.37 bits per heavy atom. The zero-order chi connectivity index (χ0) is 13.8. The first-order valence-electron chi connectivity index (χ1n) is 6.29. The molecule has 0 aromatic carbocycles. The third-order valence-corrected chi connectivity index (χ3v) is 2.35. The van der Waals surface area contributed by atoms with E-state index in [2.05, 4.69) is 15.6 Å². The standard InChI is InChI=1S/C13H19N3O3/c17-11-15-7-3-8-16-13(18)5-2-9-19-12-4-1-6-14-10-12/h1,4,6,10-11H,2-3,5,7-9H2,(H,15,17)(H,16,18). The fourth-order valence-corrected chi connectivity index (χ4v) is 1.42. The van der Waals surface area contributed by atoms with E-state index in [0.29, 0.717) is 44.7 Å². The molecule has 0 radical (unpaired) electrons. The zero-order valence-corrected chi connectivity index (χ0v) is 10.8. The van der Waals surface area contributed by atoms with Gasteiger partial charge in [0, 0.05) is 25.7 Å². The summed E-state index contributed by atoms with van der Waals surface area (Å²) in [5, 5.41) is 5.31. The SMILES string of the molecule is O=CNCCCNC(=O)CCCOc1cccnc1. The van der Waals surface area contributed by atoms with Gasteiger partial charge in [-0.2, -0.15) is 0 Å². The van der Waals surface area contributed by atoms with Crippen LogP contribution in [0.4, 0.5) is 0 Å². The molecule has 1 rings (SSSR count). The number of ether oxygens (including phenoxy) is 1. The van der Waals surface area contributed by atoms with Crippen LogP contribution in [0.5, 0.6) is 5.75 Å². The maximum atomic E-state index is 11.4. The number of pyridine rings is 1. The highest BCUT2D eigenvalue weighted by Crippen LogP contribution is 2.06. The summed E-state index contributed by atoms with van der Waals surface area (Å²) in [7, 11) is 0. The number of nitrogens with one attached hydrogen (secondary N) is 2. The molecular weight excluding hydrogens is 246 g/mol. The minimum Gasteiger partial charge on any atom is -0.492 e. The van der Waals surface area contributed by atoms with E-state index < -0.39 is 0 Å². The lowest BCUT2D eigenvalue weighted by Gasteiger charge is -2.06. The molecule has 0 unspecified atom stereocenters. The lowest BCUT2D eigenvalue weighted by molar-refractivity contribution is -0.121. The van der Waals surface area contributed by atoms with Crippen molar-refractivity contribution in [1.29, 1.82) is 0 Å². The van der Waals surface area contributed by atoms with Crippen LogP contribution in [0.25, 0.3) is 0 Å². The van der Waals surface area contributed by atoms with Gasteiger partial charge in [-0.3, -0.25) is 14.6 Å². The third kappa shape index (κ3) is 7.75. The van der Waals surface area contributed by atoms with Crippen LogP contribution in [0.3, 0.4) is 0 Å². The molecule has 2 N–H and O–H groups in total. The Balaban J connectivity index is 1.97. The van der Waals surface area contributed by atoms with Crippen LogP contribution in [-0.4, -0.2) is 37.0 Å². The number of hydrogen-bond acceptors (Lipinski definition) is 4. The predicted molar refractivity (Wildman–Crippen MR) is 70.7 cm³/mol. The minimum absolute atomic E-state index is 0.000824. The van der Waals surface area contributed by atoms with Crippen LogP contribution in [0, 0.1) is 0 Å². The summed E-state index contributed by atoms with van der Waals surface area (Å²) in [4.78, 5) is 25.3. The van der Waals surface area contributed by atoms with Crippen LogP contribution in [0.1, 0.15) is 19.3 Å². The molecule has 6 heteroatoms. The van der Waals surface area contributed by atoms with E-state index in [-0.39, 0.29) is 5.91 Å². The maximum Gasteiger partial charge on any atom is 0.220 e. The average Bonchev–Trinajstić information content (AvgIpc) is 2.44. The molecular formula is C13H19N3O3. The summed E-state index contributed by atoms with van der Waals surface area (Å²) >= 11 is 0. The van der Waals surface area contributed by atoms with Crippen LogP contribution in [0.2, 0.25) is 0 Å². The second-order valence-electron chi connectivity index (χ2n) is 3.92. The molecule has 0 atom stereocenters. The van der Waals surface area contributed by atoms with Gasteiger partial charge in [0.15, 0.2) is 0 Å². The Morgan fingerprint density at radius 2 is 2.26 bits per heavy atom. The van der Waals surface area contributed by atoms with Crippen LogP contribution in [0.15, 0.2) is 24.5 Å². The van der Waals surface area contributed by atoms with E-state index in [1.165, 1.54) is 0 Å². The Hall–Kier alpha value is -2.11. The van der Waals surface area contributed by atoms with Crippen molar-refractivity contribution < 1.29 is 14.3 Å². The summed E-state index contributed by atoms with van der Waals surface area (Å²) in [6.07, 6.45) is 5.79. The van der Waals surface area contributed by atoms with Crippen molar-refractivity contribution in [3.8, 4) is 5.75 Å². The molecule has 1 aromatic heterocycles. The van der Waals surface area contributed by atoms with E-state index in [1.54, 1.807) is 18.5 Å². The molecule has 0 spiro atoms. The van der Waals surface area contributed by atoms with E-state index in [9.17, 15) is 9.59 Å². The lowest BCUT2D eigenvalue weighted by Crippen LogP contribution is -2.27. The molecule has 0 aliphatic carbocycles. The van der Waals surface area contributed by atoms with Gasteiger partial charge in [-0.15, -0.1) is 0 Å². The second kappa shape index (κ2) is 9.87. The highest BCUT2D eigenvalue weighted by molar-refractivity contribution is 5.75. The van der Waals surface area contributed by atoms with Gasteiger partial charge < -0.3 is 15.4 Å². The van der Waals surface area contributed by atoms with Gasteiger partial charge in [-0.05, 0) is 25.0 Å². The summed E-state index contributed by atoms with van der Waals surface area (Å²) in [6, 6.07) is 3.63. The van der Waals surface area contributed by atoms with Gasteiger partial charge in [-0.25, -0.2) is 0 Å². The predicted octanol–water partition coefficient (Wildman–Crippen LogP) is 0.493. The Bertz CT molecular complexity index is 371. The molecule has 0 aliphatic rings. The van der Waals surface area contributed by atoms with Crippen LogP contribution < -0.4 is 15.4 Å². The van der Waals surface area contributed by atoms with Crippen LogP contribution >= 0.6 is 0 Å². The van der Waals surface area contributed by atoms with Crippen molar-refractivity contribution in [2.45, 2.75) is 19.3 Å². The van der Waals surface area contributed by atoms with Crippen LogP contribution in [-0.2, 0) is 9.59 Å². The Kier molecular flexibility index (Phi) is 7.77. The number of carbonyl (C=O) groups is 2. The first-order chi connectivity index (χ1) is 9.33. The highest BCUT2D eigenvalue weighted by atomic mass is 16.5. The maximum absolute atomic E-state index is 11.4. The van der Waals surface area contributed by atoms with E-state index in [4.69, 9.17) is 4.74 Å².